The van der Waals surface area contributed by atoms with Crippen molar-refractivity contribution in [3.05, 3.63) is 188 Å². The van der Waals surface area contributed by atoms with E-state index in [2.05, 4.69) is 193 Å². The number of thiophene rings is 1. The lowest BCUT2D eigenvalue weighted by molar-refractivity contribution is 0.674. The van der Waals surface area contributed by atoms with E-state index in [1.807, 2.05) is 11.3 Å². The second kappa shape index (κ2) is 11.9. The van der Waals surface area contributed by atoms with Crippen molar-refractivity contribution in [3.63, 3.8) is 0 Å². The predicted molar refractivity (Wildman–Crippen MR) is 227 cm³/mol. The monoisotopic (exact) mass is 693 g/mol. The molecule has 0 atom stereocenters. The third-order valence-corrected chi connectivity index (χ3v) is 11.8. The molecule has 0 unspecified atom stereocenters. The quantitative estimate of drug-likeness (QED) is 0.178. The molecule has 0 aliphatic heterocycles. The predicted octanol–water partition coefficient (Wildman–Crippen LogP) is 15.1. The number of anilines is 3. The molecule has 53 heavy (non-hydrogen) atoms. The molecule has 0 saturated heterocycles. The molecule has 248 valence electrons. The molecule has 9 aromatic carbocycles. The number of fused-ring (bicyclic) bond motifs is 9. The zero-order chi connectivity index (χ0) is 34.9. The fourth-order valence-electron chi connectivity index (χ4n) is 8.14. The second-order valence-electron chi connectivity index (χ2n) is 13.7. The van der Waals surface area contributed by atoms with Gasteiger partial charge >= 0.3 is 0 Å². The summed E-state index contributed by atoms with van der Waals surface area (Å²) in [6.45, 7) is 0. The fourth-order valence-corrected chi connectivity index (χ4v) is 9.35. The van der Waals surface area contributed by atoms with Gasteiger partial charge in [-0.2, -0.15) is 0 Å². The van der Waals surface area contributed by atoms with Crippen molar-refractivity contribution < 1.29 is 4.42 Å². The van der Waals surface area contributed by atoms with Gasteiger partial charge in [0.25, 0.3) is 0 Å². The molecule has 0 spiro atoms. The average molecular weight is 694 g/mol. The van der Waals surface area contributed by atoms with E-state index in [-0.39, 0.29) is 0 Å². The van der Waals surface area contributed by atoms with Gasteiger partial charge in [0.1, 0.15) is 11.2 Å². The normalized spacial score (nSPS) is 11.8. The molecule has 2 nitrogen and oxygen atoms in total. The van der Waals surface area contributed by atoms with Gasteiger partial charge in [0, 0.05) is 48.4 Å². The minimum absolute atomic E-state index is 0.899. The Kier molecular flexibility index (Phi) is 6.76. The summed E-state index contributed by atoms with van der Waals surface area (Å²) in [5.41, 5.74) is 9.70. The molecule has 0 amide bonds. The molecule has 11 rings (SSSR count). The maximum absolute atomic E-state index is 6.90. The highest BCUT2D eigenvalue weighted by atomic mass is 32.1. The molecule has 0 aliphatic carbocycles. The lowest BCUT2D eigenvalue weighted by Crippen LogP contribution is -2.11. The Labute approximate surface area is 310 Å². The number of hydrogen-bond acceptors (Lipinski definition) is 3. The number of furan rings is 1. The molecular formula is C50H31NOS. The summed E-state index contributed by atoms with van der Waals surface area (Å²) in [7, 11) is 0. The van der Waals surface area contributed by atoms with Crippen LogP contribution in [0.3, 0.4) is 0 Å². The lowest BCUT2D eigenvalue weighted by Gasteiger charge is -2.29. The minimum Gasteiger partial charge on any atom is -0.455 e. The zero-order valence-corrected chi connectivity index (χ0v) is 29.5. The van der Waals surface area contributed by atoms with Crippen molar-refractivity contribution >= 4 is 92.1 Å². The van der Waals surface area contributed by atoms with Gasteiger partial charge in [-0.1, -0.05) is 146 Å². The second-order valence-corrected chi connectivity index (χ2v) is 14.7. The van der Waals surface area contributed by atoms with Gasteiger partial charge in [-0.05, 0) is 69.8 Å². The van der Waals surface area contributed by atoms with Gasteiger partial charge < -0.3 is 9.32 Å². The van der Waals surface area contributed by atoms with Crippen LogP contribution in [-0.2, 0) is 0 Å². The first-order valence-electron chi connectivity index (χ1n) is 18.0. The topological polar surface area (TPSA) is 16.4 Å². The maximum atomic E-state index is 6.90. The van der Waals surface area contributed by atoms with Crippen LogP contribution in [-0.4, -0.2) is 0 Å². The van der Waals surface area contributed by atoms with Crippen LogP contribution in [0.25, 0.3) is 85.9 Å². The Hall–Kier alpha value is -6.68. The molecule has 0 saturated carbocycles. The van der Waals surface area contributed by atoms with Gasteiger partial charge in [-0.15, -0.1) is 11.3 Å². The van der Waals surface area contributed by atoms with E-state index >= 15 is 0 Å². The van der Waals surface area contributed by atoms with E-state index < -0.39 is 0 Å². The summed E-state index contributed by atoms with van der Waals surface area (Å²) < 4.78 is 9.45. The highest BCUT2D eigenvalue weighted by Gasteiger charge is 2.23. The number of para-hydroxylation sites is 2. The van der Waals surface area contributed by atoms with Gasteiger partial charge in [-0.3, -0.25) is 0 Å². The number of benzene rings is 9. The van der Waals surface area contributed by atoms with E-state index in [0.29, 0.717) is 0 Å². The Bertz CT molecular complexity index is 3200. The van der Waals surface area contributed by atoms with Gasteiger partial charge in [0.15, 0.2) is 0 Å². The molecular weight excluding hydrogens is 663 g/mol. The van der Waals surface area contributed by atoms with E-state index in [1.165, 1.54) is 47.5 Å². The first-order chi connectivity index (χ1) is 26.3. The lowest BCUT2D eigenvalue weighted by atomic mass is 9.98. The molecule has 0 N–H and O–H groups in total. The van der Waals surface area contributed by atoms with Crippen LogP contribution in [0, 0.1) is 0 Å². The largest absolute Gasteiger partial charge is 0.455 e. The number of hydrogen-bond donors (Lipinski definition) is 0. The first-order valence-corrected chi connectivity index (χ1v) is 18.8. The van der Waals surface area contributed by atoms with Crippen LogP contribution in [0.1, 0.15) is 0 Å². The highest BCUT2D eigenvalue weighted by molar-refractivity contribution is 7.26. The van der Waals surface area contributed by atoms with Crippen molar-refractivity contribution in [2.75, 3.05) is 4.90 Å². The molecule has 11 aromatic rings. The van der Waals surface area contributed by atoms with Crippen LogP contribution in [0.2, 0.25) is 0 Å². The summed E-state index contributed by atoms with van der Waals surface area (Å²) in [6.07, 6.45) is 0. The zero-order valence-electron chi connectivity index (χ0n) is 28.7. The molecule has 0 aliphatic rings. The summed E-state index contributed by atoms with van der Waals surface area (Å²) in [6, 6.07) is 68.0. The molecule has 2 heterocycles. The van der Waals surface area contributed by atoms with Crippen LogP contribution < -0.4 is 4.90 Å². The van der Waals surface area contributed by atoms with Crippen LogP contribution in [0.15, 0.2) is 192 Å². The van der Waals surface area contributed by atoms with E-state index in [0.717, 1.165) is 55.5 Å². The summed E-state index contributed by atoms with van der Waals surface area (Å²) in [4.78, 5) is 2.45. The third-order valence-electron chi connectivity index (χ3n) is 10.6. The molecule has 3 heteroatoms. The Morgan fingerprint density at radius 3 is 1.96 bits per heavy atom. The molecule has 0 bridgehead atoms. The van der Waals surface area contributed by atoms with Crippen molar-refractivity contribution in [2.24, 2.45) is 0 Å². The van der Waals surface area contributed by atoms with Crippen LogP contribution in [0.5, 0.6) is 0 Å². The van der Waals surface area contributed by atoms with Crippen molar-refractivity contribution in [1.29, 1.82) is 0 Å². The van der Waals surface area contributed by atoms with E-state index in [1.54, 1.807) is 0 Å². The summed E-state index contributed by atoms with van der Waals surface area (Å²) in [5.74, 6) is 0. The SMILES string of the molecule is c1cc(-c2ccc3ccccc3c2)cc(N(c2ccccc2-c2cccc3c2oc2c4ccccc4ccc32)c2cccc3c2sc2ccccc23)c1. The molecule has 2 aromatic heterocycles. The summed E-state index contributed by atoms with van der Waals surface area (Å²) >= 11 is 1.86. The fraction of sp³-hybridized carbons (Fsp3) is 0. The summed E-state index contributed by atoms with van der Waals surface area (Å²) in [5, 5.41) is 9.59. The molecule has 0 radical (unpaired) electrons. The standard InChI is InChI=1S/C50H31NOS/c1-2-14-34-30-36(27-26-32(34)12-1)35-15-9-16-37(31-35)51(46-24-11-22-44-40-19-6-8-25-47(40)53-50(44)46)45-23-7-5-18-39(45)41-20-10-21-42-43-29-28-33-13-3-4-17-38(33)48(43)52-49(41)42/h1-31H. The Morgan fingerprint density at radius 1 is 0.377 bits per heavy atom. The van der Waals surface area contributed by atoms with Crippen molar-refractivity contribution in [3.8, 4) is 22.3 Å². The first kappa shape index (κ1) is 30.0. The smallest absolute Gasteiger partial charge is 0.143 e. The average Bonchev–Trinajstić information content (AvgIpc) is 3.81. The van der Waals surface area contributed by atoms with Crippen molar-refractivity contribution in [2.45, 2.75) is 0 Å². The van der Waals surface area contributed by atoms with Crippen LogP contribution >= 0.6 is 11.3 Å². The number of nitrogens with zero attached hydrogens (tertiary/aromatic N) is 1. The van der Waals surface area contributed by atoms with Crippen LogP contribution in [0.4, 0.5) is 17.1 Å². The Morgan fingerprint density at radius 2 is 1.02 bits per heavy atom. The van der Waals surface area contributed by atoms with Gasteiger partial charge in [-0.25, -0.2) is 0 Å². The molecule has 0 fully saturated rings. The minimum atomic E-state index is 0.899. The van der Waals surface area contributed by atoms with Gasteiger partial charge in [0.2, 0.25) is 0 Å². The van der Waals surface area contributed by atoms with Gasteiger partial charge in [0.05, 0.1) is 16.1 Å². The highest BCUT2D eigenvalue weighted by Crippen LogP contribution is 2.49. The maximum Gasteiger partial charge on any atom is 0.143 e. The van der Waals surface area contributed by atoms with E-state index in [4.69, 9.17) is 4.42 Å². The number of rotatable bonds is 5. The van der Waals surface area contributed by atoms with Crippen molar-refractivity contribution in [1.82, 2.24) is 0 Å². The Balaban J connectivity index is 1.17. The van der Waals surface area contributed by atoms with E-state index in [9.17, 15) is 0 Å². The third kappa shape index (κ3) is 4.78.